The van der Waals surface area contributed by atoms with E-state index in [-0.39, 0.29) is 11.7 Å². The van der Waals surface area contributed by atoms with Crippen LogP contribution in [0.15, 0.2) is 15.8 Å². The van der Waals surface area contributed by atoms with Crippen LogP contribution < -0.4 is 11.2 Å². The van der Waals surface area contributed by atoms with Gasteiger partial charge in [0.2, 0.25) is 0 Å². The van der Waals surface area contributed by atoms with Gasteiger partial charge in [0.15, 0.2) is 12.3 Å². The van der Waals surface area contributed by atoms with Crippen LogP contribution in [0.4, 0.5) is 0 Å². The van der Waals surface area contributed by atoms with Gasteiger partial charge >= 0.3 is 13.9 Å². The Morgan fingerprint density at radius 3 is 2.56 bits per heavy atom. The van der Waals surface area contributed by atoms with Crippen LogP contribution in [0, 0.1) is 6.92 Å². The number of aliphatic hydroxyl groups is 1. The summed E-state index contributed by atoms with van der Waals surface area (Å²) in [6.45, 7) is 4.46. The van der Waals surface area contributed by atoms with E-state index in [2.05, 4.69) is 4.98 Å². The SMILES string of the molecule is CO[C@H](C)[C@H](C)OC1[C@@H](O[P+](=O)O)[C@@H](CO)O[C@H]1n1cc(C)c(=O)[nH]c1=O. The summed E-state index contributed by atoms with van der Waals surface area (Å²) < 4.78 is 34.2. The number of nitrogens with one attached hydrogen (secondary N) is 1. The number of aryl methyl sites for hydroxylation is 1. The number of ether oxygens (including phenoxy) is 3. The molecule has 1 aromatic rings. The number of aromatic amines is 1. The van der Waals surface area contributed by atoms with Crippen molar-refractivity contribution in [2.24, 2.45) is 0 Å². The van der Waals surface area contributed by atoms with Crippen molar-refractivity contribution in [3.05, 3.63) is 32.6 Å². The van der Waals surface area contributed by atoms with Crippen LogP contribution in [0.5, 0.6) is 0 Å². The minimum atomic E-state index is -3.02. The zero-order valence-corrected chi connectivity index (χ0v) is 16.3. The molecule has 2 unspecified atom stereocenters. The van der Waals surface area contributed by atoms with Crippen molar-refractivity contribution >= 4 is 8.25 Å². The molecule has 0 aromatic carbocycles. The lowest BCUT2D eigenvalue weighted by Crippen LogP contribution is -2.43. The van der Waals surface area contributed by atoms with Gasteiger partial charge in [-0.1, -0.05) is 0 Å². The van der Waals surface area contributed by atoms with Crippen molar-refractivity contribution < 1.29 is 33.3 Å². The second-order valence-electron chi connectivity index (χ2n) is 6.28. The maximum absolute atomic E-state index is 12.3. The summed E-state index contributed by atoms with van der Waals surface area (Å²) in [5.74, 6) is 0. The van der Waals surface area contributed by atoms with Crippen LogP contribution in [0.25, 0.3) is 0 Å². The average molecular weight is 407 g/mol. The summed E-state index contributed by atoms with van der Waals surface area (Å²) >= 11 is 0. The largest absolute Gasteiger partial charge is 0.695 e. The van der Waals surface area contributed by atoms with E-state index in [0.717, 1.165) is 4.57 Å². The molecule has 12 heteroatoms. The highest BCUT2D eigenvalue weighted by Gasteiger charge is 2.52. The summed E-state index contributed by atoms with van der Waals surface area (Å²) in [4.78, 5) is 35.2. The van der Waals surface area contributed by atoms with E-state index < -0.39 is 56.8 Å². The van der Waals surface area contributed by atoms with E-state index in [9.17, 15) is 24.2 Å². The molecule has 1 aliphatic heterocycles. The molecule has 0 aliphatic carbocycles. The fourth-order valence-electron chi connectivity index (χ4n) is 2.78. The third-order valence-electron chi connectivity index (χ3n) is 4.50. The highest BCUT2D eigenvalue weighted by molar-refractivity contribution is 7.32. The van der Waals surface area contributed by atoms with Crippen molar-refractivity contribution in [1.82, 2.24) is 9.55 Å². The van der Waals surface area contributed by atoms with E-state index in [1.165, 1.54) is 20.2 Å². The third-order valence-corrected chi connectivity index (χ3v) is 4.93. The average Bonchev–Trinajstić information content (AvgIpc) is 2.94. The van der Waals surface area contributed by atoms with E-state index in [0.29, 0.717) is 0 Å². The topological polar surface area (TPSA) is 149 Å². The molecule has 27 heavy (non-hydrogen) atoms. The molecule has 7 atom stereocenters. The number of nitrogens with zero attached hydrogens (tertiary/aromatic N) is 1. The Balaban J connectivity index is 2.46. The summed E-state index contributed by atoms with van der Waals surface area (Å²) in [5, 5.41) is 9.58. The number of H-pyrrole nitrogens is 1. The van der Waals surface area contributed by atoms with Gasteiger partial charge in [-0.05, 0) is 20.8 Å². The van der Waals surface area contributed by atoms with Gasteiger partial charge in [0.25, 0.3) is 5.56 Å². The lowest BCUT2D eigenvalue weighted by Gasteiger charge is -2.28. The number of aromatic nitrogens is 2. The second kappa shape index (κ2) is 9.16. The molecule has 0 saturated carbocycles. The van der Waals surface area contributed by atoms with Crippen LogP contribution >= 0.6 is 8.25 Å². The quantitative estimate of drug-likeness (QED) is 0.488. The van der Waals surface area contributed by atoms with Crippen LogP contribution in [-0.4, -0.2) is 63.8 Å². The summed E-state index contributed by atoms with van der Waals surface area (Å²) in [5.41, 5.74) is -1.03. The number of aliphatic hydroxyl groups excluding tert-OH is 1. The van der Waals surface area contributed by atoms with E-state index in [4.69, 9.17) is 18.7 Å². The maximum atomic E-state index is 12.3. The summed E-state index contributed by atoms with van der Waals surface area (Å²) in [6.07, 6.45) is -3.81. The first-order valence-electron chi connectivity index (χ1n) is 8.29. The fraction of sp³-hybridized carbons (Fsp3) is 0.733. The van der Waals surface area contributed by atoms with E-state index >= 15 is 0 Å². The van der Waals surface area contributed by atoms with Crippen LogP contribution in [-0.2, 0) is 23.3 Å². The standard InChI is InChI=1S/C15H23N2O9P/c1-7-5-17(15(20)16-13(7)19)14-12(24-9(3)8(2)23-4)11(26-27(21)22)10(6-18)25-14/h5,8-12,14,18H,6H2,1-4H3,(H-,16,19,20,21,22)/p+1/t8-,9+,10-,11+,12?,14-/m1/s1. The Labute approximate surface area is 155 Å². The predicted octanol–water partition coefficient (Wildman–Crippen LogP) is -0.422. The molecule has 2 rings (SSSR count). The van der Waals surface area contributed by atoms with Gasteiger partial charge in [-0.2, -0.15) is 0 Å². The first-order chi connectivity index (χ1) is 12.7. The Morgan fingerprint density at radius 2 is 2.00 bits per heavy atom. The number of methoxy groups -OCH3 is 1. The Bertz CT molecular complexity index is 779. The molecule has 0 amide bonds. The van der Waals surface area contributed by atoms with E-state index in [1.54, 1.807) is 13.8 Å². The third kappa shape index (κ3) is 4.88. The minimum Gasteiger partial charge on any atom is -0.394 e. The molecule has 152 valence electrons. The second-order valence-corrected chi connectivity index (χ2v) is 6.97. The first kappa shape index (κ1) is 21.8. The smallest absolute Gasteiger partial charge is 0.394 e. The monoisotopic (exact) mass is 407 g/mol. The molecule has 0 bridgehead atoms. The van der Waals surface area contributed by atoms with Crippen molar-refractivity contribution in [1.29, 1.82) is 0 Å². The Morgan fingerprint density at radius 1 is 1.33 bits per heavy atom. The van der Waals surface area contributed by atoms with E-state index in [1.807, 2.05) is 0 Å². The van der Waals surface area contributed by atoms with Gasteiger partial charge in [-0.3, -0.25) is 14.3 Å². The van der Waals surface area contributed by atoms with Gasteiger partial charge in [0.05, 0.1) is 18.8 Å². The van der Waals surface area contributed by atoms with Gasteiger partial charge in [0.1, 0.15) is 12.2 Å². The molecule has 0 radical (unpaired) electrons. The lowest BCUT2D eigenvalue weighted by atomic mass is 10.1. The normalized spacial score (nSPS) is 28.1. The van der Waals surface area contributed by atoms with Crippen molar-refractivity contribution in [2.45, 2.75) is 57.5 Å². The van der Waals surface area contributed by atoms with Crippen molar-refractivity contribution in [3.63, 3.8) is 0 Å². The van der Waals surface area contributed by atoms with Crippen LogP contribution in [0.3, 0.4) is 0 Å². The Kier molecular flexibility index (Phi) is 7.40. The van der Waals surface area contributed by atoms with Crippen LogP contribution in [0.1, 0.15) is 25.6 Å². The molecule has 1 fully saturated rings. The molecular formula is C15H24N2O9P+. The van der Waals surface area contributed by atoms with Crippen molar-refractivity contribution in [2.75, 3.05) is 13.7 Å². The molecule has 3 N–H and O–H groups in total. The van der Waals surface area contributed by atoms with Gasteiger partial charge in [0, 0.05) is 23.4 Å². The van der Waals surface area contributed by atoms with Gasteiger partial charge in [-0.15, -0.1) is 9.42 Å². The zero-order chi connectivity index (χ0) is 20.3. The molecule has 2 heterocycles. The first-order valence-corrected chi connectivity index (χ1v) is 9.42. The molecular weight excluding hydrogens is 383 g/mol. The molecule has 1 saturated heterocycles. The lowest BCUT2D eigenvalue weighted by molar-refractivity contribution is -0.127. The molecule has 11 nitrogen and oxygen atoms in total. The highest BCUT2D eigenvalue weighted by Crippen LogP contribution is 2.37. The van der Waals surface area contributed by atoms with Gasteiger partial charge < -0.3 is 19.3 Å². The van der Waals surface area contributed by atoms with Gasteiger partial charge in [-0.25, -0.2) is 4.79 Å². The maximum Gasteiger partial charge on any atom is 0.695 e. The zero-order valence-electron chi connectivity index (χ0n) is 15.4. The summed E-state index contributed by atoms with van der Waals surface area (Å²) in [7, 11) is -1.52. The van der Waals surface area contributed by atoms with Crippen LogP contribution in [0.2, 0.25) is 0 Å². The minimum absolute atomic E-state index is 0.258. The molecule has 0 spiro atoms. The predicted molar refractivity (Wildman–Crippen MR) is 92.6 cm³/mol. The highest BCUT2D eigenvalue weighted by atomic mass is 31.1. The number of rotatable bonds is 8. The number of hydrogen-bond acceptors (Lipinski definition) is 8. The summed E-state index contributed by atoms with van der Waals surface area (Å²) in [6, 6.07) is 0. The Hall–Kier alpha value is -1.46. The number of hydrogen-bond donors (Lipinski definition) is 3. The fourth-order valence-corrected chi connectivity index (χ4v) is 3.24. The molecule has 1 aromatic heterocycles. The van der Waals surface area contributed by atoms with Crippen molar-refractivity contribution in [3.8, 4) is 0 Å². The molecule has 1 aliphatic rings.